The number of hydrazone groups is 1. The Morgan fingerprint density at radius 1 is 1.15 bits per heavy atom. The van der Waals surface area contributed by atoms with Crippen LogP contribution >= 0.6 is 11.6 Å². The Hall–Kier alpha value is -3.64. The fourth-order valence-electron chi connectivity index (χ4n) is 3.38. The minimum Gasteiger partial charge on any atom is -0.462 e. The van der Waals surface area contributed by atoms with Gasteiger partial charge in [0.15, 0.2) is 0 Å². The molecule has 0 radical (unpaired) electrons. The Bertz CT molecular complexity index is 1240. The molecule has 33 heavy (non-hydrogen) atoms. The highest BCUT2D eigenvalue weighted by atomic mass is 35.5. The first-order chi connectivity index (χ1) is 16.0. The van der Waals surface area contributed by atoms with Gasteiger partial charge in [0.25, 0.3) is 5.91 Å². The fourth-order valence-corrected chi connectivity index (χ4v) is 3.57. The third-order valence-electron chi connectivity index (χ3n) is 5.18. The van der Waals surface area contributed by atoms with Crippen molar-refractivity contribution in [3.05, 3.63) is 82.6 Å². The van der Waals surface area contributed by atoms with Crippen LogP contribution in [-0.4, -0.2) is 24.2 Å². The van der Waals surface area contributed by atoms with Crippen LogP contribution in [0, 0.1) is 0 Å². The molecule has 0 atom stereocenters. The number of anilines is 1. The van der Waals surface area contributed by atoms with Gasteiger partial charge in [0, 0.05) is 5.56 Å². The summed E-state index contributed by atoms with van der Waals surface area (Å²) in [6.45, 7) is 4.16. The van der Waals surface area contributed by atoms with E-state index in [-0.39, 0.29) is 11.5 Å². The maximum atomic E-state index is 12.9. The summed E-state index contributed by atoms with van der Waals surface area (Å²) in [6, 6.07) is 17.9. The number of hydrogen-bond acceptors (Lipinski definition) is 5. The summed E-state index contributed by atoms with van der Waals surface area (Å²) in [5.74, 6) is 0.356. The molecule has 1 aliphatic rings. The van der Waals surface area contributed by atoms with E-state index in [9.17, 15) is 9.59 Å². The molecule has 6 nitrogen and oxygen atoms in total. The highest BCUT2D eigenvalue weighted by Gasteiger charge is 2.29. The van der Waals surface area contributed by atoms with Gasteiger partial charge in [-0.1, -0.05) is 43.1 Å². The van der Waals surface area contributed by atoms with E-state index >= 15 is 0 Å². The Morgan fingerprint density at radius 3 is 2.70 bits per heavy atom. The molecule has 1 amide bonds. The van der Waals surface area contributed by atoms with Gasteiger partial charge in [-0.15, -0.1) is 0 Å². The molecular weight excluding hydrogens is 440 g/mol. The minimum absolute atomic E-state index is 0.222. The first kappa shape index (κ1) is 22.6. The van der Waals surface area contributed by atoms with Crippen molar-refractivity contribution < 1.29 is 18.7 Å². The summed E-state index contributed by atoms with van der Waals surface area (Å²) in [4.78, 5) is 25.3. The van der Waals surface area contributed by atoms with Crippen molar-refractivity contribution in [2.75, 3.05) is 11.6 Å². The molecule has 1 aliphatic heterocycles. The zero-order valence-corrected chi connectivity index (χ0v) is 19.1. The van der Waals surface area contributed by atoms with Crippen molar-refractivity contribution in [1.29, 1.82) is 0 Å². The van der Waals surface area contributed by atoms with E-state index in [0.717, 1.165) is 12.8 Å². The molecule has 0 N–H and O–H groups in total. The van der Waals surface area contributed by atoms with Crippen LogP contribution < -0.4 is 5.01 Å². The van der Waals surface area contributed by atoms with E-state index in [1.807, 2.05) is 37.3 Å². The highest BCUT2D eigenvalue weighted by molar-refractivity contribution is 6.33. The smallest absolute Gasteiger partial charge is 0.339 e. The number of benzene rings is 2. The number of rotatable bonds is 7. The number of unbranched alkanes of at least 4 members (excludes halogenated alkanes) is 1. The van der Waals surface area contributed by atoms with Gasteiger partial charge in [0.2, 0.25) is 0 Å². The van der Waals surface area contributed by atoms with Crippen molar-refractivity contribution in [2.24, 2.45) is 5.10 Å². The number of halogens is 1. The molecule has 0 fully saturated rings. The number of nitrogens with zero attached hydrogens (tertiary/aromatic N) is 2. The van der Waals surface area contributed by atoms with E-state index in [1.165, 1.54) is 5.01 Å². The van der Waals surface area contributed by atoms with Crippen LogP contribution in [0.3, 0.4) is 0 Å². The Balaban J connectivity index is 1.56. The van der Waals surface area contributed by atoms with E-state index in [1.54, 1.807) is 43.3 Å². The lowest BCUT2D eigenvalue weighted by Crippen LogP contribution is -2.21. The molecule has 0 saturated carbocycles. The summed E-state index contributed by atoms with van der Waals surface area (Å²) in [5, 5.41) is 6.07. The number of esters is 1. The second-order valence-corrected chi connectivity index (χ2v) is 7.99. The number of carbonyl (C=O) groups is 2. The molecule has 0 unspecified atom stereocenters. The summed E-state index contributed by atoms with van der Waals surface area (Å²) in [6.07, 6.45) is 3.40. The monoisotopic (exact) mass is 462 g/mol. The fraction of sp³-hybridized carbons (Fsp3) is 0.192. The molecular formula is C26H23ClN2O4. The predicted molar refractivity (Wildman–Crippen MR) is 129 cm³/mol. The average molecular weight is 463 g/mol. The zero-order chi connectivity index (χ0) is 23.4. The maximum absolute atomic E-state index is 12.9. The van der Waals surface area contributed by atoms with Gasteiger partial charge in [-0.2, -0.15) is 10.1 Å². The zero-order valence-electron chi connectivity index (χ0n) is 18.4. The molecule has 1 aromatic heterocycles. The summed E-state index contributed by atoms with van der Waals surface area (Å²) in [7, 11) is 0. The van der Waals surface area contributed by atoms with Crippen LogP contribution in [0.4, 0.5) is 5.69 Å². The van der Waals surface area contributed by atoms with Crippen molar-refractivity contribution >= 4 is 41.0 Å². The third-order valence-corrected chi connectivity index (χ3v) is 5.51. The molecule has 0 saturated heterocycles. The Morgan fingerprint density at radius 2 is 1.94 bits per heavy atom. The molecule has 4 rings (SSSR count). The molecule has 7 heteroatoms. The topological polar surface area (TPSA) is 72.1 Å². The number of hydrogen-bond donors (Lipinski definition) is 0. The van der Waals surface area contributed by atoms with E-state index < -0.39 is 5.97 Å². The second kappa shape index (κ2) is 9.88. The molecule has 0 spiro atoms. The van der Waals surface area contributed by atoms with E-state index in [2.05, 4.69) is 5.10 Å². The summed E-state index contributed by atoms with van der Waals surface area (Å²) >= 11 is 6.21. The number of furan rings is 1. The van der Waals surface area contributed by atoms with Crippen molar-refractivity contribution in [1.82, 2.24) is 0 Å². The highest BCUT2D eigenvalue weighted by Crippen LogP contribution is 2.30. The molecule has 2 heterocycles. The maximum Gasteiger partial charge on any atom is 0.339 e. The lowest BCUT2D eigenvalue weighted by molar-refractivity contribution is -0.114. The molecule has 3 aromatic rings. The van der Waals surface area contributed by atoms with Gasteiger partial charge in [-0.3, -0.25) is 4.79 Å². The third kappa shape index (κ3) is 4.91. The van der Waals surface area contributed by atoms with Gasteiger partial charge in [0.05, 0.1) is 34.2 Å². The number of para-hydroxylation sites is 1. The Labute approximate surface area is 197 Å². The average Bonchev–Trinajstić information content (AvgIpc) is 3.40. The second-order valence-electron chi connectivity index (χ2n) is 7.58. The van der Waals surface area contributed by atoms with Gasteiger partial charge in [0.1, 0.15) is 11.5 Å². The van der Waals surface area contributed by atoms with Crippen LogP contribution in [0.25, 0.3) is 17.4 Å². The SMILES string of the molecule is CCCCOC(=O)c1cc(-c2ccc(/C=C3/C(=O)N(c4ccccc4)N=C3C)o2)ccc1Cl. The summed E-state index contributed by atoms with van der Waals surface area (Å²) in [5.41, 5.74) is 2.72. The van der Waals surface area contributed by atoms with Gasteiger partial charge in [-0.05, 0) is 61.9 Å². The van der Waals surface area contributed by atoms with Crippen LogP contribution in [0.5, 0.6) is 0 Å². The van der Waals surface area contributed by atoms with Crippen molar-refractivity contribution in [3.63, 3.8) is 0 Å². The van der Waals surface area contributed by atoms with Gasteiger partial charge < -0.3 is 9.15 Å². The first-order valence-corrected chi connectivity index (χ1v) is 11.1. The molecule has 168 valence electrons. The largest absolute Gasteiger partial charge is 0.462 e. The van der Waals surface area contributed by atoms with Gasteiger partial charge >= 0.3 is 5.97 Å². The molecule has 0 aliphatic carbocycles. The minimum atomic E-state index is -0.464. The standard InChI is InChI=1S/C26H23ClN2O4/c1-3-4-14-32-26(31)22-15-18(10-12-23(22)27)24-13-11-20(33-24)16-21-17(2)28-29(25(21)30)19-8-6-5-7-9-19/h5-13,15-16H,3-4,14H2,1-2H3/b21-16+. The first-order valence-electron chi connectivity index (χ1n) is 10.7. The van der Waals surface area contributed by atoms with Crippen LogP contribution in [0.1, 0.15) is 42.8 Å². The molecule has 0 bridgehead atoms. The lowest BCUT2D eigenvalue weighted by Gasteiger charge is -2.10. The van der Waals surface area contributed by atoms with Crippen LogP contribution in [0.2, 0.25) is 5.02 Å². The number of ether oxygens (including phenoxy) is 1. The predicted octanol–water partition coefficient (Wildman–Crippen LogP) is 6.36. The number of carbonyl (C=O) groups excluding carboxylic acids is 2. The molecule has 2 aromatic carbocycles. The Kier molecular flexibility index (Phi) is 6.75. The van der Waals surface area contributed by atoms with Crippen molar-refractivity contribution in [2.45, 2.75) is 26.7 Å². The van der Waals surface area contributed by atoms with E-state index in [4.69, 9.17) is 20.8 Å². The quantitative estimate of drug-likeness (QED) is 0.232. The van der Waals surface area contributed by atoms with E-state index in [0.29, 0.717) is 45.7 Å². The van der Waals surface area contributed by atoms with Crippen molar-refractivity contribution in [3.8, 4) is 11.3 Å². The summed E-state index contributed by atoms with van der Waals surface area (Å²) < 4.78 is 11.2. The van der Waals surface area contributed by atoms with Crippen LogP contribution in [0.15, 0.2) is 75.8 Å². The van der Waals surface area contributed by atoms with Crippen LogP contribution in [-0.2, 0) is 9.53 Å². The number of amides is 1. The lowest BCUT2D eigenvalue weighted by atomic mass is 10.1. The van der Waals surface area contributed by atoms with Gasteiger partial charge in [-0.25, -0.2) is 4.79 Å². The normalized spacial score (nSPS) is 14.6.